The summed E-state index contributed by atoms with van der Waals surface area (Å²) >= 11 is 0. The van der Waals surface area contributed by atoms with Crippen LogP contribution in [0.2, 0.25) is 0 Å². The molecule has 0 saturated heterocycles. The fourth-order valence-corrected chi connectivity index (χ4v) is 2.39. The van der Waals surface area contributed by atoms with Crippen LogP contribution in [0, 0.1) is 0 Å². The molecule has 0 atom stereocenters. The molecule has 0 N–H and O–H groups in total. The number of rotatable bonds is 1. The van der Waals surface area contributed by atoms with Gasteiger partial charge in [-0.2, -0.15) is 0 Å². The molecule has 1 amide bonds. The molecule has 0 aliphatic carbocycles. The van der Waals surface area contributed by atoms with E-state index in [1.807, 2.05) is 43.1 Å². The van der Waals surface area contributed by atoms with Crippen molar-refractivity contribution in [3.63, 3.8) is 0 Å². The summed E-state index contributed by atoms with van der Waals surface area (Å²) in [4.78, 5) is 18.3. The number of aryl methyl sites for hydroxylation is 1. The molecule has 0 unspecified atom stereocenters. The van der Waals surface area contributed by atoms with Crippen LogP contribution in [0.1, 0.15) is 5.56 Å². The van der Waals surface area contributed by atoms with E-state index in [9.17, 15) is 4.79 Å². The summed E-state index contributed by atoms with van der Waals surface area (Å²) in [6, 6.07) is 8.08. The van der Waals surface area contributed by atoms with Crippen molar-refractivity contribution in [3.8, 4) is 0 Å². The molecule has 1 aliphatic heterocycles. The van der Waals surface area contributed by atoms with Gasteiger partial charge >= 0.3 is 0 Å². The Morgan fingerprint density at radius 1 is 1.22 bits per heavy atom. The lowest BCUT2D eigenvalue weighted by molar-refractivity contribution is -0.123. The quantitative estimate of drug-likeness (QED) is 0.744. The van der Waals surface area contributed by atoms with E-state index >= 15 is 0 Å². The standard InChI is InChI=1S/C14H15N3O/c1-16-8-7-15-13(14(16)18)11-9-17(2)12-6-4-3-5-10(11)12/h3-6,9H,7-8H2,1-2H3. The number of hydrogen-bond acceptors (Lipinski definition) is 2. The highest BCUT2D eigenvalue weighted by Crippen LogP contribution is 2.22. The third-order valence-corrected chi connectivity index (χ3v) is 3.41. The predicted molar refractivity (Wildman–Crippen MR) is 72.0 cm³/mol. The molecule has 2 heterocycles. The summed E-state index contributed by atoms with van der Waals surface area (Å²) in [6.45, 7) is 1.38. The van der Waals surface area contributed by atoms with E-state index < -0.39 is 0 Å². The van der Waals surface area contributed by atoms with Gasteiger partial charge in [0.2, 0.25) is 0 Å². The number of aliphatic imine (C=N–C) groups is 1. The minimum Gasteiger partial charge on any atom is -0.350 e. The van der Waals surface area contributed by atoms with Gasteiger partial charge in [-0.05, 0) is 6.07 Å². The highest BCUT2D eigenvalue weighted by Gasteiger charge is 2.24. The zero-order chi connectivity index (χ0) is 12.7. The largest absolute Gasteiger partial charge is 0.350 e. The molecule has 3 rings (SSSR count). The van der Waals surface area contributed by atoms with Crippen LogP contribution in [-0.4, -0.2) is 41.2 Å². The minimum absolute atomic E-state index is 0.0117. The number of amides is 1. The normalized spacial score (nSPS) is 16.2. The van der Waals surface area contributed by atoms with E-state index in [0.717, 1.165) is 16.5 Å². The SMILES string of the molecule is CN1CCN=C(c2cn(C)c3ccccc23)C1=O. The minimum atomic E-state index is 0.0117. The van der Waals surface area contributed by atoms with E-state index in [1.54, 1.807) is 4.90 Å². The van der Waals surface area contributed by atoms with Gasteiger partial charge in [-0.25, -0.2) is 0 Å². The zero-order valence-electron chi connectivity index (χ0n) is 10.6. The summed E-state index contributed by atoms with van der Waals surface area (Å²) in [5.74, 6) is 0.0117. The molecule has 18 heavy (non-hydrogen) atoms. The molecule has 0 radical (unpaired) electrons. The van der Waals surface area contributed by atoms with Gasteiger partial charge in [0.05, 0.1) is 6.54 Å². The van der Waals surface area contributed by atoms with Crippen LogP contribution >= 0.6 is 0 Å². The van der Waals surface area contributed by atoms with Crippen molar-refractivity contribution in [2.75, 3.05) is 20.1 Å². The van der Waals surface area contributed by atoms with Gasteiger partial charge in [0.15, 0.2) is 0 Å². The number of likely N-dealkylation sites (N-methyl/N-ethyl adjacent to an activating group) is 1. The second kappa shape index (κ2) is 3.98. The first-order chi connectivity index (χ1) is 8.68. The summed E-state index contributed by atoms with van der Waals surface area (Å²) in [6.07, 6.45) is 1.99. The Morgan fingerprint density at radius 2 is 2.00 bits per heavy atom. The molecule has 4 nitrogen and oxygen atoms in total. The maximum Gasteiger partial charge on any atom is 0.272 e. The Labute approximate surface area is 106 Å². The lowest BCUT2D eigenvalue weighted by Gasteiger charge is -2.21. The van der Waals surface area contributed by atoms with Crippen LogP contribution in [0.3, 0.4) is 0 Å². The summed E-state index contributed by atoms with van der Waals surface area (Å²) in [5, 5.41) is 1.09. The summed E-state index contributed by atoms with van der Waals surface area (Å²) < 4.78 is 2.04. The average Bonchev–Trinajstić information content (AvgIpc) is 2.71. The number of carbonyl (C=O) groups excluding carboxylic acids is 1. The van der Waals surface area contributed by atoms with E-state index in [2.05, 4.69) is 11.1 Å². The molecule has 2 aromatic rings. The second-order valence-electron chi connectivity index (χ2n) is 4.63. The Bertz CT molecular complexity index is 654. The number of hydrogen-bond donors (Lipinski definition) is 0. The first-order valence-corrected chi connectivity index (χ1v) is 6.03. The molecule has 1 aromatic carbocycles. The van der Waals surface area contributed by atoms with Crippen LogP contribution in [0.25, 0.3) is 10.9 Å². The van der Waals surface area contributed by atoms with Crippen molar-refractivity contribution in [3.05, 3.63) is 36.0 Å². The smallest absolute Gasteiger partial charge is 0.272 e. The molecule has 0 fully saturated rings. The monoisotopic (exact) mass is 241 g/mol. The Hall–Kier alpha value is -2.10. The Balaban J connectivity index is 2.21. The molecule has 0 spiro atoms. The van der Waals surface area contributed by atoms with Crippen molar-refractivity contribution in [2.45, 2.75) is 0 Å². The maximum absolute atomic E-state index is 12.2. The van der Waals surface area contributed by atoms with E-state index in [-0.39, 0.29) is 5.91 Å². The highest BCUT2D eigenvalue weighted by atomic mass is 16.2. The van der Waals surface area contributed by atoms with Gasteiger partial charge in [-0.1, -0.05) is 18.2 Å². The first kappa shape index (κ1) is 11.0. The first-order valence-electron chi connectivity index (χ1n) is 6.03. The van der Waals surface area contributed by atoms with E-state index in [4.69, 9.17) is 0 Å². The lowest BCUT2D eigenvalue weighted by atomic mass is 10.1. The number of nitrogens with zero attached hydrogens (tertiary/aromatic N) is 3. The Kier molecular flexibility index (Phi) is 2.44. The molecular weight excluding hydrogens is 226 g/mol. The molecular formula is C14H15N3O. The van der Waals surface area contributed by atoms with Gasteiger partial charge in [-0.3, -0.25) is 9.79 Å². The molecule has 1 aromatic heterocycles. The van der Waals surface area contributed by atoms with Gasteiger partial charge < -0.3 is 9.47 Å². The van der Waals surface area contributed by atoms with Gasteiger partial charge in [0.1, 0.15) is 5.71 Å². The van der Waals surface area contributed by atoms with E-state index in [1.165, 1.54) is 0 Å². The van der Waals surface area contributed by atoms with Crippen molar-refractivity contribution >= 4 is 22.5 Å². The van der Waals surface area contributed by atoms with E-state index in [0.29, 0.717) is 18.8 Å². The second-order valence-corrected chi connectivity index (χ2v) is 4.63. The van der Waals surface area contributed by atoms with Gasteiger partial charge in [0, 0.05) is 43.3 Å². The number of para-hydroxylation sites is 1. The molecule has 0 saturated carbocycles. The number of aromatic nitrogens is 1. The average molecular weight is 241 g/mol. The van der Waals surface area contributed by atoms with Gasteiger partial charge in [-0.15, -0.1) is 0 Å². The van der Waals surface area contributed by atoms with Crippen molar-refractivity contribution in [1.82, 2.24) is 9.47 Å². The maximum atomic E-state index is 12.2. The Morgan fingerprint density at radius 3 is 2.83 bits per heavy atom. The summed E-state index contributed by atoms with van der Waals surface area (Å²) in [7, 11) is 3.81. The third-order valence-electron chi connectivity index (χ3n) is 3.41. The molecule has 0 bridgehead atoms. The molecule has 1 aliphatic rings. The highest BCUT2D eigenvalue weighted by molar-refractivity contribution is 6.47. The fraction of sp³-hybridized carbons (Fsp3) is 0.286. The molecule has 4 heteroatoms. The number of fused-ring (bicyclic) bond motifs is 1. The topological polar surface area (TPSA) is 37.6 Å². The van der Waals surface area contributed by atoms with Crippen LogP contribution in [0.15, 0.2) is 35.5 Å². The summed E-state index contributed by atoms with van der Waals surface area (Å²) in [5.41, 5.74) is 2.64. The fourth-order valence-electron chi connectivity index (χ4n) is 2.39. The number of carbonyl (C=O) groups is 1. The zero-order valence-corrected chi connectivity index (χ0v) is 10.6. The predicted octanol–water partition coefficient (Wildman–Crippen LogP) is 1.44. The van der Waals surface area contributed by atoms with Crippen molar-refractivity contribution in [1.29, 1.82) is 0 Å². The third kappa shape index (κ3) is 1.53. The van der Waals surface area contributed by atoms with Crippen molar-refractivity contribution in [2.24, 2.45) is 12.0 Å². The van der Waals surface area contributed by atoms with Crippen LogP contribution < -0.4 is 0 Å². The molecule has 92 valence electrons. The van der Waals surface area contributed by atoms with Crippen molar-refractivity contribution < 1.29 is 4.79 Å². The lowest BCUT2D eigenvalue weighted by Crippen LogP contribution is -2.39. The van der Waals surface area contributed by atoms with Crippen LogP contribution in [0.4, 0.5) is 0 Å². The van der Waals surface area contributed by atoms with Crippen LogP contribution in [0.5, 0.6) is 0 Å². The number of benzene rings is 1. The van der Waals surface area contributed by atoms with Gasteiger partial charge in [0.25, 0.3) is 5.91 Å². The van der Waals surface area contributed by atoms with Crippen LogP contribution in [-0.2, 0) is 11.8 Å².